The minimum atomic E-state index is -3.29. The van der Waals surface area contributed by atoms with Crippen molar-refractivity contribution < 1.29 is 23.1 Å². The van der Waals surface area contributed by atoms with Crippen molar-refractivity contribution >= 4 is 21.9 Å². The van der Waals surface area contributed by atoms with Crippen LogP contribution in [0.1, 0.15) is 46.5 Å². The number of carboxylic acid groups (broad SMARTS) is 1. The Labute approximate surface area is 138 Å². The van der Waals surface area contributed by atoms with Crippen molar-refractivity contribution in [1.82, 2.24) is 9.62 Å². The third kappa shape index (κ3) is 4.67. The summed E-state index contributed by atoms with van der Waals surface area (Å²) in [5.41, 5.74) is -0.959. The van der Waals surface area contributed by atoms with Crippen LogP contribution in [0.4, 0.5) is 0 Å². The number of aliphatic carboxylic acids is 1. The molecule has 1 rings (SSSR count). The molecule has 1 aliphatic heterocycles. The third-order valence-electron chi connectivity index (χ3n) is 4.92. The van der Waals surface area contributed by atoms with Crippen LogP contribution < -0.4 is 5.32 Å². The number of carbonyl (C=O) groups excluding carboxylic acids is 1. The summed E-state index contributed by atoms with van der Waals surface area (Å²) in [6, 6.07) is 0. The minimum absolute atomic E-state index is 0.0230. The molecule has 2 N–H and O–H groups in total. The van der Waals surface area contributed by atoms with E-state index in [-0.39, 0.29) is 24.7 Å². The summed E-state index contributed by atoms with van der Waals surface area (Å²) in [4.78, 5) is 23.8. The van der Waals surface area contributed by atoms with Crippen LogP contribution in [0.5, 0.6) is 0 Å². The lowest BCUT2D eigenvalue weighted by Gasteiger charge is -2.32. The van der Waals surface area contributed by atoms with Crippen LogP contribution in [-0.2, 0) is 19.6 Å². The average molecular weight is 348 g/mol. The molecule has 1 unspecified atom stereocenters. The van der Waals surface area contributed by atoms with E-state index in [4.69, 9.17) is 0 Å². The minimum Gasteiger partial charge on any atom is -0.481 e. The second-order valence-electron chi connectivity index (χ2n) is 6.11. The number of nitrogens with one attached hydrogen (secondary N) is 1. The summed E-state index contributed by atoms with van der Waals surface area (Å²) >= 11 is 0. The van der Waals surface area contributed by atoms with Gasteiger partial charge in [-0.25, -0.2) is 12.7 Å². The molecule has 0 aromatic carbocycles. The van der Waals surface area contributed by atoms with E-state index in [0.717, 1.165) is 0 Å². The topological polar surface area (TPSA) is 104 Å². The summed E-state index contributed by atoms with van der Waals surface area (Å²) < 4.78 is 25.2. The molecule has 134 valence electrons. The maximum atomic E-state index is 12.3. The van der Waals surface area contributed by atoms with Crippen molar-refractivity contribution in [3.05, 3.63) is 0 Å². The van der Waals surface area contributed by atoms with Crippen LogP contribution >= 0.6 is 0 Å². The smallest absolute Gasteiger partial charge is 0.311 e. The highest BCUT2D eigenvalue weighted by atomic mass is 32.2. The maximum absolute atomic E-state index is 12.3. The Morgan fingerprint density at radius 1 is 1.26 bits per heavy atom. The summed E-state index contributed by atoms with van der Waals surface area (Å²) in [6.07, 6.45) is 2.13. The first-order chi connectivity index (χ1) is 10.7. The lowest BCUT2D eigenvalue weighted by Crippen LogP contribution is -2.49. The quantitative estimate of drug-likeness (QED) is 0.682. The fraction of sp³-hybridized carbons (Fsp3) is 0.867. The molecule has 0 spiro atoms. The number of hydrogen-bond donors (Lipinski definition) is 2. The number of piperidine rings is 1. The zero-order chi connectivity index (χ0) is 17.7. The zero-order valence-electron chi connectivity index (χ0n) is 14.2. The number of carboxylic acids is 1. The standard InChI is InChI=1S/C15H28N2O5S/c1-4-15(5-2,14(19)20)11-16-13(18)12-8-7-9-17(10-12)23(21,22)6-3/h12H,4-11H2,1-3H3,(H,16,18)(H,19,20). The Hall–Kier alpha value is -1.15. The molecule has 1 amide bonds. The first-order valence-corrected chi connectivity index (χ1v) is 9.82. The van der Waals surface area contributed by atoms with Crippen molar-refractivity contribution in [3.63, 3.8) is 0 Å². The van der Waals surface area contributed by atoms with E-state index >= 15 is 0 Å². The summed E-state index contributed by atoms with van der Waals surface area (Å²) in [6.45, 7) is 5.87. The SMILES string of the molecule is CCC(CC)(CNC(=O)C1CCCN(S(=O)(=O)CC)C1)C(=O)O. The molecule has 1 heterocycles. The number of hydrogen-bond acceptors (Lipinski definition) is 4. The monoisotopic (exact) mass is 348 g/mol. The molecule has 1 saturated heterocycles. The molecule has 7 nitrogen and oxygen atoms in total. The predicted octanol–water partition coefficient (Wildman–Crippen LogP) is 1.06. The van der Waals surface area contributed by atoms with Gasteiger partial charge in [0.2, 0.25) is 15.9 Å². The molecule has 0 bridgehead atoms. The molecule has 0 radical (unpaired) electrons. The van der Waals surface area contributed by atoms with Gasteiger partial charge in [0.25, 0.3) is 0 Å². The largest absolute Gasteiger partial charge is 0.481 e. The van der Waals surface area contributed by atoms with Crippen molar-refractivity contribution in [2.45, 2.75) is 46.5 Å². The normalized spacial score (nSPS) is 20.2. The first kappa shape index (κ1) is 19.9. The zero-order valence-corrected chi connectivity index (χ0v) is 15.0. The molecule has 0 aliphatic carbocycles. The van der Waals surface area contributed by atoms with E-state index in [0.29, 0.717) is 32.2 Å². The van der Waals surface area contributed by atoms with Crippen molar-refractivity contribution in [3.8, 4) is 0 Å². The first-order valence-electron chi connectivity index (χ1n) is 8.21. The number of carbonyl (C=O) groups is 2. The number of rotatable bonds is 8. The van der Waals surface area contributed by atoms with Crippen molar-refractivity contribution in [1.29, 1.82) is 0 Å². The second kappa shape index (κ2) is 8.10. The Morgan fingerprint density at radius 3 is 2.35 bits per heavy atom. The molecule has 1 aliphatic rings. The van der Waals surface area contributed by atoms with Gasteiger partial charge < -0.3 is 10.4 Å². The molecule has 8 heteroatoms. The van der Waals surface area contributed by atoms with E-state index in [2.05, 4.69) is 5.32 Å². The van der Waals surface area contributed by atoms with Crippen LogP contribution in [0.3, 0.4) is 0 Å². The highest BCUT2D eigenvalue weighted by Crippen LogP contribution is 2.26. The van der Waals surface area contributed by atoms with Crippen LogP contribution in [-0.4, -0.2) is 55.1 Å². The van der Waals surface area contributed by atoms with Crippen LogP contribution in [0.2, 0.25) is 0 Å². The van der Waals surface area contributed by atoms with Gasteiger partial charge in [0.1, 0.15) is 0 Å². The van der Waals surface area contributed by atoms with Crippen molar-refractivity contribution in [2.24, 2.45) is 11.3 Å². The van der Waals surface area contributed by atoms with E-state index < -0.39 is 27.3 Å². The highest BCUT2D eigenvalue weighted by molar-refractivity contribution is 7.89. The second-order valence-corrected chi connectivity index (χ2v) is 8.37. The summed E-state index contributed by atoms with van der Waals surface area (Å²) in [5.74, 6) is -1.56. The van der Waals surface area contributed by atoms with Gasteiger partial charge in [0.15, 0.2) is 0 Å². The van der Waals surface area contributed by atoms with Gasteiger partial charge in [-0.2, -0.15) is 0 Å². The Bertz CT molecular complexity index is 528. The molecule has 0 aromatic heterocycles. The molecule has 0 saturated carbocycles. The molecular formula is C15H28N2O5S. The van der Waals surface area contributed by atoms with Gasteiger partial charge in [-0.15, -0.1) is 0 Å². The Kier molecular flexibility index (Phi) is 7.01. The summed E-state index contributed by atoms with van der Waals surface area (Å²) in [5, 5.41) is 12.1. The average Bonchev–Trinajstić information content (AvgIpc) is 2.55. The van der Waals surface area contributed by atoms with Gasteiger partial charge in [0.05, 0.1) is 17.1 Å². The number of amides is 1. The Balaban J connectivity index is 2.69. The van der Waals surface area contributed by atoms with Crippen molar-refractivity contribution in [2.75, 3.05) is 25.4 Å². The van der Waals surface area contributed by atoms with E-state index in [1.165, 1.54) is 4.31 Å². The molecule has 0 aromatic rings. The maximum Gasteiger partial charge on any atom is 0.311 e. The van der Waals surface area contributed by atoms with E-state index in [9.17, 15) is 23.1 Å². The van der Waals surface area contributed by atoms with E-state index in [1.807, 2.05) is 0 Å². The van der Waals surface area contributed by atoms with Crippen LogP contribution in [0.25, 0.3) is 0 Å². The van der Waals surface area contributed by atoms with Gasteiger partial charge in [-0.05, 0) is 32.6 Å². The molecule has 1 atom stereocenters. The number of sulfonamides is 1. The van der Waals surface area contributed by atoms with Gasteiger partial charge in [-0.3, -0.25) is 9.59 Å². The molecule has 23 heavy (non-hydrogen) atoms. The van der Waals surface area contributed by atoms with Gasteiger partial charge >= 0.3 is 5.97 Å². The molecular weight excluding hydrogens is 320 g/mol. The van der Waals surface area contributed by atoms with Crippen LogP contribution in [0.15, 0.2) is 0 Å². The van der Waals surface area contributed by atoms with Gasteiger partial charge in [-0.1, -0.05) is 13.8 Å². The molecule has 1 fully saturated rings. The third-order valence-corrected chi connectivity index (χ3v) is 6.77. The highest BCUT2D eigenvalue weighted by Gasteiger charge is 2.37. The number of nitrogens with zero attached hydrogens (tertiary/aromatic N) is 1. The Morgan fingerprint density at radius 2 is 1.87 bits per heavy atom. The summed E-state index contributed by atoms with van der Waals surface area (Å²) in [7, 11) is -3.29. The lowest BCUT2D eigenvalue weighted by atomic mass is 9.82. The van der Waals surface area contributed by atoms with Crippen LogP contribution in [0, 0.1) is 11.3 Å². The fourth-order valence-corrected chi connectivity index (χ4v) is 4.05. The predicted molar refractivity (Wildman–Crippen MR) is 87.4 cm³/mol. The fourth-order valence-electron chi connectivity index (χ4n) is 2.87. The van der Waals surface area contributed by atoms with E-state index in [1.54, 1.807) is 20.8 Å². The van der Waals surface area contributed by atoms with Gasteiger partial charge in [0, 0.05) is 19.6 Å². The lowest BCUT2D eigenvalue weighted by molar-refractivity contribution is -0.149.